The van der Waals surface area contributed by atoms with Crippen molar-refractivity contribution in [1.82, 2.24) is 14.3 Å². The molecule has 110 valence electrons. The Morgan fingerprint density at radius 1 is 1.14 bits per heavy atom. The minimum atomic E-state index is -0.0745. The Morgan fingerprint density at radius 2 is 2.05 bits per heavy atom. The first-order valence-corrected chi connectivity index (χ1v) is 7.39. The van der Waals surface area contributed by atoms with Crippen LogP contribution < -0.4 is 5.32 Å². The van der Waals surface area contributed by atoms with Gasteiger partial charge >= 0.3 is 0 Å². The van der Waals surface area contributed by atoms with Crippen molar-refractivity contribution in [2.45, 2.75) is 18.9 Å². The van der Waals surface area contributed by atoms with Gasteiger partial charge in [-0.1, -0.05) is 6.07 Å². The van der Waals surface area contributed by atoms with Crippen LogP contribution in [0.1, 0.15) is 29.4 Å². The highest BCUT2D eigenvalue weighted by molar-refractivity contribution is 6.03. The van der Waals surface area contributed by atoms with Gasteiger partial charge in [-0.2, -0.15) is 5.10 Å². The summed E-state index contributed by atoms with van der Waals surface area (Å²) in [7, 11) is 0. The van der Waals surface area contributed by atoms with Crippen LogP contribution in [0.15, 0.2) is 61.1 Å². The maximum absolute atomic E-state index is 12.5. The van der Waals surface area contributed by atoms with E-state index >= 15 is 0 Å². The van der Waals surface area contributed by atoms with Gasteiger partial charge in [0.15, 0.2) is 0 Å². The number of carbonyl (C=O) groups excluding carboxylic acids is 1. The van der Waals surface area contributed by atoms with Gasteiger partial charge < -0.3 is 9.88 Å². The highest BCUT2D eigenvalue weighted by Crippen LogP contribution is 2.36. The zero-order valence-corrected chi connectivity index (χ0v) is 12.0. The summed E-state index contributed by atoms with van der Waals surface area (Å²) >= 11 is 0. The molecule has 2 aromatic heterocycles. The smallest absolute Gasteiger partial charge is 0.272 e. The molecular formula is C17H16N4O. The molecule has 1 aliphatic rings. The van der Waals surface area contributed by atoms with Gasteiger partial charge in [-0.05, 0) is 49.2 Å². The Labute approximate surface area is 128 Å². The molecule has 1 amide bonds. The SMILES string of the molecule is O=C(Nc1cccc(-n2cccn2)c1)c1cccn1C1CC1. The Morgan fingerprint density at radius 3 is 2.82 bits per heavy atom. The fourth-order valence-electron chi connectivity index (χ4n) is 2.60. The molecule has 0 unspecified atom stereocenters. The quantitative estimate of drug-likeness (QED) is 0.802. The first kappa shape index (κ1) is 12.9. The number of aromatic nitrogens is 3. The van der Waals surface area contributed by atoms with Crippen LogP contribution in [-0.4, -0.2) is 20.3 Å². The maximum atomic E-state index is 12.5. The summed E-state index contributed by atoms with van der Waals surface area (Å²) in [5.41, 5.74) is 2.40. The predicted octanol–water partition coefficient (Wildman–Crippen LogP) is 3.26. The first-order chi connectivity index (χ1) is 10.8. The summed E-state index contributed by atoms with van der Waals surface area (Å²) in [6.45, 7) is 0. The van der Waals surface area contributed by atoms with E-state index in [1.54, 1.807) is 10.9 Å². The van der Waals surface area contributed by atoms with Crippen LogP contribution in [0.2, 0.25) is 0 Å². The molecular weight excluding hydrogens is 276 g/mol. The molecule has 1 fully saturated rings. The van der Waals surface area contributed by atoms with E-state index in [-0.39, 0.29) is 5.91 Å². The van der Waals surface area contributed by atoms with Crippen molar-refractivity contribution < 1.29 is 4.79 Å². The lowest BCUT2D eigenvalue weighted by Gasteiger charge is -2.10. The summed E-state index contributed by atoms with van der Waals surface area (Å²) in [5, 5.41) is 7.17. The monoisotopic (exact) mass is 292 g/mol. The van der Waals surface area contributed by atoms with Crippen LogP contribution >= 0.6 is 0 Å². The van der Waals surface area contributed by atoms with Gasteiger partial charge in [-0.15, -0.1) is 0 Å². The zero-order valence-electron chi connectivity index (χ0n) is 12.0. The molecule has 0 atom stereocenters. The van der Waals surface area contributed by atoms with Gasteiger partial charge in [-0.3, -0.25) is 4.79 Å². The van der Waals surface area contributed by atoms with Crippen LogP contribution in [0.4, 0.5) is 5.69 Å². The number of rotatable bonds is 4. The van der Waals surface area contributed by atoms with Crippen LogP contribution in [-0.2, 0) is 0 Å². The van der Waals surface area contributed by atoms with Gasteiger partial charge in [0.25, 0.3) is 5.91 Å². The van der Waals surface area contributed by atoms with Gasteiger partial charge in [-0.25, -0.2) is 4.68 Å². The highest BCUT2D eigenvalue weighted by atomic mass is 16.1. The second-order valence-corrected chi connectivity index (χ2v) is 5.49. The van der Waals surface area contributed by atoms with E-state index in [1.807, 2.05) is 54.9 Å². The predicted molar refractivity (Wildman–Crippen MR) is 84.2 cm³/mol. The van der Waals surface area contributed by atoms with Gasteiger partial charge in [0.05, 0.1) is 5.69 Å². The number of nitrogens with zero attached hydrogens (tertiary/aromatic N) is 3. The number of hydrogen-bond donors (Lipinski definition) is 1. The van der Waals surface area contributed by atoms with E-state index in [2.05, 4.69) is 15.0 Å². The largest absolute Gasteiger partial charge is 0.340 e. The standard InChI is InChI=1S/C17H16N4O/c22-17(16-6-2-10-20(16)14-7-8-14)19-13-4-1-5-15(12-13)21-11-3-9-18-21/h1-6,9-12,14H,7-8H2,(H,19,22). The third kappa shape index (κ3) is 2.41. The molecule has 0 saturated heterocycles. The summed E-state index contributed by atoms with van der Waals surface area (Å²) in [5.74, 6) is -0.0745. The number of hydrogen-bond acceptors (Lipinski definition) is 2. The molecule has 0 radical (unpaired) electrons. The molecule has 1 aliphatic carbocycles. The number of carbonyl (C=O) groups is 1. The van der Waals surface area contributed by atoms with E-state index < -0.39 is 0 Å². The molecule has 22 heavy (non-hydrogen) atoms. The lowest BCUT2D eigenvalue weighted by Crippen LogP contribution is -2.16. The van der Waals surface area contributed by atoms with Gasteiger partial charge in [0.2, 0.25) is 0 Å². The van der Waals surface area contributed by atoms with E-state index in [0.717, 1.165) is 24.2 Å². The highest BCUT2D eigenvalue weighted by Gasteiger charge is 2.26. The molecule has 2 heterocycles. The molecule has 0 spiro atoms. The third-order valence-electron chi connectivity index (χ3n) is 3.82. The van der Waals surface area contributed by atoms with Crippen molar-refractivity contribution in [3.05, 3.63) is 66.7 Å². The average Bonchev–Trinajstić information content (AvgIpc) is 3.05. The maximum Gasteiger partial charge on any atom is 0.272 e. The Kier molecular flexibility index (Phi) is 3.04. The Bertz CT molecular complexity index is 800. The molecule has 1 aromatic carbocycles. The van der Waals surface area contributed by atoms with Crippen molar-refractivity contribution in [3.8, 4) is 5.69 Å². The minimum Gasteiger partial charge on any atom is -0.340 e. The Hall–Kier alpha value is -2.82. The second kappa shape index (κ2) is 5.18. The molecule has 5 nitrogen and oxygen atoms in total. The van der Waals surface area contributed by atoms with E-state index in [9.17, 15) is 4.79 Å². The summed E-state index contributed by atoms with van der Waals surface area (Å²) in [4.78, 5) is 12.5. The fourth-order valence-corrected chi connectivity index (χ4v) is 2.60. The molecule has 0 bridgehead atoms. The lowest BCUT2D eigenvalue weighted by atomic mass is 10.2. The van der Waals surface area contributed by atoms with E-state index in [4.69, 9.17) is 0 Å². The zero-order chi connectivity index (χ0) is 14.9. The molecule has 3 aromatic rings. The number of anilines is 1. The van der Waals surface area contributed by atoms with Gasteiger partial charge in [0.1, 0.15) is 5.69 Å². The van der Waals surface area contributed by atoms with E-state index in [1.165, 1.54) is 0 Å². The van der Waals surface area contributed by atoms with Gasteiger partial charge in [0, 0.05) is 30.3 Å². The van der Waals surface area contributed by atoms with Crippen LogP contribution in [0.5, 0.6) is 0 Å². The van der Waals surface area contributed by atoms with Crippen LogP contribution in [0, 0.1) is 0 Å². The van der Waals surface area contributed by atoms with Crippen molar-refractivity contribution in [2.24, 2.45) is 0 Å². The summed E-state index contributed by atoms with van der Waals surface area (Å²) in [6, 6.07) is 13.8. The number of nitrogens with one attached hydrogen (secondary N) is 1. The molecule has 4 rings (SSSR count). The molecule has 1 saturated carbocycles. The fraction of sp³-hybridized carbons (Fsp3) is 0.176. The molecule has 0 aliphatic heterocycles. The van der Waals surface area contributed by atoms with Crippen molar-refractivity contribution in [3.63, 3.8) is 0 Å². The van der Waals surface area contributed by atoms with Crippen LogP contribution in [0.3, 0.4) is 0 Å². The summed E-state index contributed by atoms with van der Waals surface area (Å²) in [6.07, 6.45) is 7.90. The summed E-state index contributed by atoms with van der Waals surface area (Å²) < 4.78 is 3.83. The first-order valence-electron chi connectivity index (χ1n) is 7.39. The minimum absolute atomic E-state index is 0.0745. The van der Waals surface area contributed by atoms with Crippen LogP contribution in [0.25, 0.3) is 5.69 Å². The Balaban J connectivity index is 1.57. The third-order valence-corrected chi connectivity index (χ3v) is 3.82. The number of benzene rings is 1. The van der Waals surface area contributed by atoms with Crippen molar-refractivity contribution in [2.75, 3.05) is 5.32 Å². The lowest BCUT2D eigenvalue weighted by molar-refractivity contribution is 0.101. The number of amides is 1. The van der Waals surface area contributed by atoms with E-state index in [0.29, 0.717) is 11.7 Å². The van der Waals surface area contributed by atoms with Crippen molar-refractivity contribution in [1.29, 1.82) is 0 Å². The topological polar surface area (TPSA) is 51.9 Å². The molecule has 1 N–H and O–H groups in total. The average molecular weight is 292 g/mol. The normalized spacial score (nSPS) is 14.0. The molecule has 5 heteroatoms. The second-order valence-electron chi connectivity index (χ2n) is 5.49. The van der Waals surface area contributed by atoms with Crippen molar-refractivity contribution >= 4 is 11.6 Å².